The molecule has 94 valence electrons. The second-order valence-electron chi connectivity index (χ2n) is 6.18. The molecular weight excluding hydrogens is 196 g/mol. The molecule has 0 amide bonds. The van der Waals surface area contributed by atoms with Crippen molar-refractivity contribution < 1.29 is 0 Å². The molecule has 1 heterocycles. The molecule has 0 aromatic heterocycles. The molecule has 0 radical (unpaired) electrons. The lowest BCUT2D eigenvalue weighted by Gasteiger charge is -2.42. The summed E-state index contributed by atoms with van der Waals surface area (Å²) in [5.74, 6) is 0. The van der Waals surface area contributed by atoms with E-state index in [1.807, 2.05) is 0 Å². The van der Waals surface area contributed by atoms with Crippen LogP contribution >= 0.6 is 0 Å². The first-order valence-electron chi connectivity index (χ1n) is 7.13. The van der Waals surface area contributed by atoms with Gasteiger partial charge in [-0.05, 0) is 59.0 Å². The number of hydrogen-bond acceptors (Lipinski definition) is 2. The van der Waals surface area contributed by atoms with Crippen molar-refractivity contribution in [1.82, 2.24) is 10.2 Å². The van der Waals surface area contributed by atoms with Crippen LogP contribution < -0.4 is 5.32 Å². The molecule has 2 heteroatoms. The van der Waals surface area contributed by atoms with Crippen molar-refractivity contribution >= 4 is 0 Å². The first kappa shape index (κ1) is 12.4. The second-order valence-corrected chi connectivity index (χ2v) is 6.18. The van der Waals surface area contributed by atoms with E-state index >= 15 is 0 Å². The average Bonchev–Trinajstić information content (AvgIpc) is 2.59. The Morgan fingerprint density at radius 3 is 2.69 bits per heavy atom. The summed E-state index contributed by atoms with van der Waals surface area (Å²) in [6.45, 7) is 9.54. The summed E-state index contributed by atoms with van der Waals surface area (Å²) in [6, 6.07) is 1.62. The minimum atomic E-state index is 0.457. The van der Waals surface area contributed by atoms with E-state index in [4.69, 9.17) is 0 Å². The molecule has 2 unspecified atom stereocenters. The lowest BCUT2D eigenvalue weighted by atomic mass is 9.88. The van der Waals surface area contributed by atoms with Crippen molar-refractivity contribution in [1.29, 1.82) is 0 Å². The molecule has 1 aliphatic carbocycles. The first-order chi connectivity index (χ1) is 7.63. The molecule has 0 aromatic rings. The van der Waals surface area contributed by atoms with E-state index in [1.54, 1.807) is 0 Å². The Hall–Kier alpha value is -0.0800. The lowest BCUT2D eigenvalue weighted by molar-refractivity contribution is 0.0799. The van der Waals surface area contributed by atoms with E-state index < -0.39 is 0 Å². The van der Waals surface area contributed by atoms with Crippen LogP contribution in [-0.4, -0.2) is 35.6 Å². The number of hydrogen-bond donors (Lipinski definition) is 1. The van der Waals surface area contributed by atoms with Gasteiger partial charge in [-0.3, -0.25) is 4.90 Å². The Labute approximate surface area is 101 Å². The number of nitrogens with zero attached hydrogens (tertiary/aromatic N) is 1. The Bertz CT molecular complexity index is 223. The summed E-state index contributed by atoms with van der Waals surface area (Å²) in [5.41, 5.74) is 0.457. The van der Waals surface area contributed by atoms with Crippen molar-refractivity contribution in [3.05, 3.63) is 0 Å². The third-order valence-electron chi connectivity index (χ3n) is 4.55. The summed E-state index contributed by atoms with van der Waals surface area (Å²) in [4.78, 5) is 2.79. The van der Waals surface area contributed by atoms with Crippen LogP contribution in [0.25, 0.3) is 0 Å². The zero-order valence-electron chi connectivity index (χ0n) is 11.3. The van der Waals surface area contributed by atoms with Crippen LogP contribution in [0.15, 0.2) is 0 Å². The molecule has 1 saturated carbocycles. The summed E-state index contributed by atoms with van der Waals surface area (Å²) in [6.07, 6.45) is 8.38. The first-order valence-corrected chi connectivity index (χ1v) is 7.13. The average molecular weight is 224 g/mol. The Morgan fingerprint density at radius 1 is 1.25 bits per heavy atom. The highest BCUT2D eigenvalue weighted by Gasteiger charge is 2.38. The van der Waals surface area contributed by atoms with E-state index in [0.717, 1.165) is 18.6 Å². The van der Waals surface area contributed by atoms with Gasteiger partial charge in [0.2, 0.25) is 0 Å². The molecular formula is C14H28N2. The molecule has 1 saturated heterocycles. The molecule has 0 bridgehead atoms. The highest BCUT2D eigenvalue weighted by molar-refractivity contribution is 4.94. The molecule has 2 aliphatic rings. The maximum Gasteiger partial charge on any atom is 0.0156 e. The largest absolute Gasteiger partial charge is 0.314 e. The highest BCUT2D eigenvalue weighted by atomic mass is 15.2. The van der Waals surface area contributed by atoms with Gasteiger partial charge in [0.05, 0.1) is 0 Å². The van der Waals surface area contributed by atoms with Gasteiger partial charge in [0.1, 0.15) is 0 Å². The zero-order valence-corrected chi connectivity index (χ0v) is 11.3. The van der Waals surface area contributed by atoms with Crippen LogP contribution in [0, 0.1) is 0 Å². The van der Waals surface area contributed by atoms with Gasteiger partial charge in [-0.25, -0.2) is 0 Å². The van der Waals surface area contributed by atoms with Gasteiger partial charge in [-0.1, -0.05) is 13.3 Å². The predicted molar refractivity (Wildman–Crippen MR) is 69.7 cm³/mol. The molecule has 0 aromatic carbocycles. The van der Waals surface area contributed by atoms with Gasteiger partial charge in [-0.15, -0.1) is 0 Å². The van der Waals surface area contributed by atoms with Gasteiger partial charge in [0, 0.05) is 17.6 Å². The van der Waals surface area contributed by atoms with Crippen LogP contribution in [0.3, 0.4) is 0 Å². The van der Waals surface area contributed by atoms with Crippen LogP contribution in [0.4, 0.5) is 0 Å². The van der Waals surface area contributed by atoms with Crippen molar-refractivity contribution in [3.8, 4) is 0 Å². The molecule has 2 nitrogen and oxygen atoms in total. The number of rotatable bonds is 3. The van der Waals surface area contributed by atoms with Crippen LogP contribution in [0.2, 0.25) is 0 Å². The van der Waals surface area contributed by atoms with Crippen molar-refractivity contribution in [2.24, 2.45) is 0 Å². The highest BCUT2D eigenvalue weighted by Crippen LogP contribution is 2.35. The normalized spacial score (nSPS) is 35.4. The summed E-state index contributed by atoms with van der Waals surface area (Å²) >= 11 is 0. The summed E-state index contributed by atoms with van der Waals surface area (Å²) in [7, 11) is 0. The van der Waals surface area contributed by atoms with E-state index in [0.29, 0.717) is 5.54 Å². The molecule has 2 rings (SSSR count). The fourth-order valence-electron chi connectivity index (χ4n) is 3.73. The fourth-order valence-corrected chi connectivity index (χ4v) is 3.73. The maximum absolute atomic E-state index is 3.64. The minimum Gasteiger partial charge on any atom is -0.314 e. The van der Waals surface area contributed by atoms with Crippen LogP contribution in [0.1, 0.15) is 59.3 Å². The lowest BCUT2D eigenvalue weighted by Crippen LogP contribution is -2.50. The zero-order chi connectivity index (χ0) is 11.6. The number of likely N-dealkylation sites (tertiary alicyclic amines) is 1. The molecule has 1 N–H and O–H groups in total. The van der Waals surface area contributed by atoms with E-state index in [-0.39, 0.29) is 0 Å². The van der Waals surface area contributed by atoms with E-state index in [2.05, 4.69) is 31.0 Å². The van der Waals surface area contributed by atoms with Gasteiger partial charge in [0.15, 0.2) is 0 Å². The van der Waals surface area contributed by atoms with Crippen molar-refractivity contribution in [3.63, 3.8) is 0 Å². The van der Waals surface area contributed by atoms with E-state index in [1.165, 1.54) is 45.1 Å². The van der Waals surface area contributed by atoms with Gasteiger partial charge >= 0.3 is 0 Å². The topological polar surface area (TPSA) is 15.3 Å². The Morgan fingerprint density at radius 2 is 2.06 bits per heavy atom. The SMILES string of the molecule is CCNC1CCCC(N2CCCC2(C)C)C1. The second kappa shape index (κ2) is 5.05. The quantitative estimate of drug-likeness (QED) is 0.793. The Balaban J connectivity index is 1.93. The maximum atomic E-state index is 3.64. The van der Waals surface area contributed by atoms with E-state index in [9.17, 15) is 0 Å². The molecule has 2 fully saturated rings. The molecule has 16 heavy (non-hydrogen) atoms. The third-order valence-corrected chi connectivity index (χ3v) is 4.55. The predicted octanol–water partition coefficient (Wildman–Crippen LogP) is 2.78. The monoisotopic (exact) mass is 224 g/mol. The van der Waals surface area contributed by atoms with Gasteiger partial charge in [-0.2, -0.15) is 0 Å². The standard InChI is InChI=1S/C14H28N2/c1-4-15-12-7-5-8-13(11-12)16-10-6-9-14(16,2)3/h12-13,15H,4-11H2,1-3H3. The van der Waals surface area contributed by atoms with Crippen molar-refractivity contribution in [2.75, 3.05) is 13.1 Å². The fraction of sp³-hybridized carbons (Fsp3) is 1.00. The summed E-state index contributed by atoms with van der Waals surface area (Å²) in [5, 5.41) is 3.64. The van der Waals surface area contributed by atoms with Gasteiger partial charge in [0.25, 0.3) is 0 Å². The molecule has 1 aliphatic heterocycles. The number of nitrogens with one attached hydrogen (secondary N) is 1. The van der Waals surface area contributed by atoms with Crippen LogP contribution in [0.5, 0.6) is 0 Å². The molecule has 2 atom stereocenters. The third kappa shape index (κ3) is 2.60. The van der Waals surface area contributed by atoms with Crippen LogP contribution in [-0.2, 0) is 0 Å². The van der Waals surface area contributed by atoms with Gasteiger partial charge < -0.3 is 5.32 Å². The molecule has 0 spiro atoms. The van der Waals surface area contributed by atoms with Crippen molar-refractivity contribution in [2.45, 2.75) is 76.9 Å². The minimum absolute atomic E-state index is 0.457. The smallest absolute Gasteiger partial charge is 0.0156 e. The Kier molecular flexibility index (Phi) is 3.91. The summed E-state index contributed by atoms with van der Waals surface area (Å²) < 4.78 is 0.